The number of hydrogen-bond acceptors (Lipinski definition) is 6. The first-order valence-corrected chi connectivity index (χ1v) is 11.1. The number of halogens is 2. The molecule has 0 aliphatic rings. The summed E-state index contributed by atoms with van der Waals surface area (Å²) in [5, 5.41) is 5.00. The minimum Gasteiger partial charge on any atom is -0.497 e. The minimum absolute atomic E-state index is 0.272. The number of nitrogens with one attached hydrogen (secondary N) is 1. The Balaban J connectivity index is 1.73. The number of rotatable bonds is 10. The Hall–Kier alpha value is -3.42. The van der Waals surface area contributed by atoms with Gasteiger partial charge in [-0.3, -0.25) is 4.79 Å². The van der Waals surface area contributed by atoms with Gasteiger partial charge in [-0.15, -0.1) is 0 Å². The van der Waals surface area contributed by atoms with Gasteiger partial charge in [0.05, 0.1) is 32.1 Å². The topological polar surface area (TPSA) is 78.4 Å². The summed E-state index contributed by atoms with van der Waals surface area (Å²) < 4.78 is 22.0. The van der Waals surface area contributed by atoms with E-state index in [4.69, 9.17) is 42.1 Å². The molecule has 0 spiro atoms. The van der Waals surface area contributed by atoms with E-state index in [9.17, 15) is 4.79 Å². The van der Waals surface area contributed by atoms with Gasteiger partial charge in [0.1, 0.15) is 18.1 Å². The lowest BCUT2D eigenvalue weighted by Gasteiger charge is -2.14. The first-order valence-electron chi connectivity index (χ1n) is 10.3. The summed E-state index contributed by atoms with van der Waals surface area (Å²) in [6, 6.07) is 15.6. The maximum atomic E-state index is 12.5. The van der Waals surface area contributed by atoms with Gasteiger partial charge in [-0.25, -0.2) is 5.43 Å². The molecule has 0 heterocycles. The van der Waals surface area contributed by atoms with Crippen LogP contribution < -0.4 is 24.4 Å². The quantitative estimate of drug-likeness (QED) is 0.282. The SMILES string of the molecule is CCOc1cc(/C=N\NC(=O)c2cc(OC)cc(OC)c2)cc(Cl)c1OCc1cccc(Cl)c1. The molecule has 178 valence electrons. The van der Waals surface area contributed by atoms with Crippen LogP contribution in [0.3, 0.4) is 0 Å². The van der Waals surface area contributed by atoms with Crippen LogP contribution in [0.2, 0.25) is 10.0 Å². The highest BCUT2D eigenvalue weighted by Crippen LogP contribution is 2.37. The first-order chi connectivity index (χ1) is 16.4. The summed E-state index contributed by atoms with van der Waals surface area (Å²) in [5.74, 6) is 1.44. The minimum atomic E-state index is -0.425. The monoisotopic (exact) mass is 502 g/mol. The van der Waals surface area contributed by atoms with Crippen LogP contribution in [-0.2, 0) is 6.61 Å². The predicted molar refractivity (Wildman–Crippen MR) is 133 cm³/mol. The molecule has 3 aromatic rings. The summed E-state index contributed by atoms with van der Waals surface area (Å²) in [7, 11) is 3.02. The van der Waals surface area contributed by atoms with Gasteiger partial charge in [-0.2, -0.15) is 5.10 Å². The van der Waals surface area contributed by atoms with E-state index in [1.807, 2.05) is 25.1 Å². The zero-order valence-electron chi connectivity index (χ0n) is 18.9. The van der Waals surface area contributed by atoms with Crippen molar-refractivity contribution in [3.05, 3.63) is 81.3 Å². The van der Waals surface area contributed by atoms with E-state index in [-0.39, 0.29) is 6.61 Å². The van der Waals surface area contributed by atoms with Crippen molar-refractivity contribution in [2.45, 2.75) is 13.5 Å². The van der Waals surface area contributed by atoms with Gasteiger partial charge in [-0.1, -0.05) is 35.3 Å². The third-order valence-electron chi connectivity index (χ3n) is 4.60. The van der Waals surface area contributed by atoms with Crippen molar-refractivity contribution in [1.82, 2.24) is 5.43 Å². The van der Waals surface area contributed by atoms with Crippen molar-refractivity contribution in [2.75, 3.05) is 20.8 Å². The van der Waals surface area contributed by atoms with Crippen molar-refractivity contribution < 1.29 is 23.7 Å². The third-order valence-corrected chi connectivity index (χ3v) is 5.11. The van der Waals surface area contributed by atoms with Crippen molar-refractivity contribution >= 4 is 35.3 Å². The number of amides is 1. The van der Waals surface area contributed by atoms with Crippen LogP contribution in [0.25, 0.3) is 0 Å². The van der Waals surface area contributed by atoms with E-state index in [1.54, 1.807) is 36.4 Å². The second kappa shape index (κ2) is 12.2. The molecule has 0 fully saturated rings. The number of hydrazone groups is 1. The molecular formula is C25H24Cl2N2O5. The van der Waals surface area contributed by atoms with E-state index < -0.39 is 5.91 Å². The molecule has 3 aromatic carbocycles. The lowest BCUT2D eigenvalue weighted by molar-refractivity contribution is 0.0954. The Morgan fingerprint density at radius 1 is 1.00 bits per heavy atom. The van der Waals surface area contributed by atoms with Gasteiger partial charge in [0.2, 0.25) is 0 Å². The Kier molecular flexibility index (Phi) is 9.01. The number of benzene rings is 3. The van der Waals surface area contributed by atoms with Crippen LogP contribution in [0.1, 0.15) is 28.4 Å². The summed E-state index contributed by atoms with van der Waals surface area (Å²) in [6.45, 7) is 2.55. The van der Waals surface area contributed by atoms with E-state index in [0.717, 1.165) is 5.56 Å². The second-order valence-corrected chi connectivity index (χ2v) is 7.83. The summed E-state index contributed by atoms with van der Waals surface area (Å²) in [6.07, 6.45) is 1.46. The molecule has 0 saturated carbocycles. The van der Waals surface area contributed by atoms with E-state index in [2.05, 4.69) is 10.5 Å². The fourth-order valence-electron chi connectivity index (χ4n) is 3.02. The van der Waals surface area contributed by atoms with Crippen molar-refractivity contribution in [3.8, 4) is 23.0 Å². The van der Waals surface area contributed by atoms with Crippen molar-refractivity contribution in [2.24, 2.45) is 5.10 Å². The molecule has 34 heavy (non-hydrogen) atoms. The van der Waals surface area contributed by atoms with Gasteiger partial charge in [0, 0.05) is 16.7 Å². The predicted octanol–water partition coefficient (Wildman–Crippen LogP) is 5.75. The molecule has 0 bridgehead atoms. The Bertz CT molecular complexity index is 1160. The van der Waals surface area contributed by atoms with Crippen LogP contribution in [0.4, 0.5) is 0 Å². The molecule has 0 aliphatic carbocycles. The van der Waals surface area contributed by atoms with Crippen LogP contribution in [0.5, 0.6) is 23.0 Å². The van der Waals surface area contributed by atoms with Crippen molar-refractivity contribution in [1.29, 1.82) is 0 Å². The molecule has 0 atom stereocenters. The molecule has 0 radical (unpaired) electrons. The Morgan fingerprint density at radius 3 is 2.38 bits per heavy atom. The van der Waals surface area contributed by atoms with E-state index in [1.165, 1.54) is 20.4 Å². The van der Waals surface area contributed by atoms with Gasteiger partial charge in [-0.05, 0) is 54.4 Å². The standard InChI is InChI=1S/C25H24Cl2N2O5/c1-4-33-23-10-17(9-22(27)24(23)34-15-16-6-5-7-19(26)8-16)14-28-29-25(30)18-11-20(31-2)13-21(12-18)32-3/h5-14H,4,15H2,1-3H3,(H,29,30)/b28-14-. The Morgan fingerprint density at radius 2 is 1.74 bits per heavy atom. The highest BCUT2D eigenvalue weighted by molar-refractivity contribution is 6.32. The number of methoxy groups -OCH3 is 2. The fraction of sp³-hybridized carbons (Fsp3) is 0.200. The summed E-state index contributed by atoms with van der Waals surface area (Å²) >= 11 is 12.5. The van der Waals surface area contributed by atoms with Crippen LogP contribution in [0, 0.1) is 0 Å². The maximum Gasteiger partial charge on any atom is 0.271 e. The molecule has 9 heteroatoms. The molecule has 0 saturated heterocycles. The van der Waals surface area contributed by atoms with Crippen LogP contribution in [0.15, 0.2) is 59.7 Å². The normalized spacial score (nSPS) is 10.7. The van der Waals surface area contributed by atoms with Crippen molar-refractivity contribution in [3.63, 3.8) is 0 Å². The van der Waals surface area contributed by atoms with Gasteiger partial charge in [0.25, 0.3) is 5.91 Å². The largest absolute Gasteiger partial charge is 0.497 e. The number of hydrogen-bond donors (Lipinski definition) is 1. The number of nitrogens with zero attached hydrogens (tertiary/aromatic N) is 1. The highest BCUT2D eigenvalue weighted by atomic mass is 35.5. The van der Waals surface area contributed by atoms with E-state index in [0.29, 0.717) is 50.8 Å². The number of carbonyl (C=O) groups is 1. The Labute approximate surface area is 208 Å². The summed E-state index contributed by atoms with van der Waals surface area (Å²) in [4.78, 5) is 12.5. The summed E-state index contributed by atoms with van der Waals surface area (Å²) in [5.41, 5.74) is 4.33. The fourth-order valence-corrected chi connectivity index (χ4v) is 3.50. The third kappa shape index (κ3) is 6.79. The molecule has 7 nitrogen and oxygen atoms in total. The maximum absolute atomic E-state index is 12.5. The number of ether oxygens (including phenoxy) is 4. The number of carbonyl (C=O) groups excluding carboxylic acids is 1. The average Bonchev–Trinajstić information content (AvgIpc) is 2.83. The van der Waals surface area contributed by atoms with Gasteiger partial charge >= 0.3 is 0 Å². The molecule has 1 N–H and O–H groups in total. The lowest BCUT2D eigenvalue weighted by Crippen LogP contribution is -2.17. The molecule has 0 aromatic heterocycles. The molecule has 0 unspecified atom stereocenters. The van der Waals surface area contributed by atoms with Gasteiger partial charge < -0.3 is 18.9 Å². The zero-order valence-corrected chi connectivity index (χ0v) is 20.4. The van der Waals surface area contributed by atoms with Crippen LogP contribution >= 0.6 is 23.2 Å². The first kappa shape index (κ1) is 25.2. The highest BCUT2D eigenvalue weighted by Gasteiger charge is 2.13. The zero-order chi connectivity index (χ0) is 24.5. The molecular weight excluding hydrogens is 479 g/mol. The average molecular weight is 503 g/mol. The molecule has 0 aliphatic heterocycles. The smallest absolute Gasteiger partial charge is 0.271 e. The van der Waals surface area contributed by atoms with Gasteiger partial charge in [0.15, 0.2) is 11.5 Å². The molecule has 3 rings (SSSR count). The second-order valence-electron chi connectivity index (χ2n) is 6.98. The van der Waals surface area contributed by atoms with Crippen LogP contribution in [-0.4, -0.2) is 32.9 Å². The molecule has 1 amide bonds. The lowest BCUT2D eigenvalue weighted by atomic mass is 10.2. The van der Waals surface area contributed by atoms with E-state index >= 15 is 0 Å².